The molecule has 0 amide bonds. The van der Waals surface area contributed by atoms with E-state index in [2.05, 4.69) is 10.3 Å². The summed E-state index contributed by atoms with van der Waals surface area (Å²) < 4.78 is 27.1. The first-order valence-electron chi connectivity index (χ1n) is 10.6. The van der Waals surface area contributed by atoms with Crippen molar-refractivity contribution in [2.24, 2.45) is 0 Å². The number of hydrogen-bond acceptors (Lipinski definition) is 6. The van der Waals surface area contributed by atoms with E-state index in [1.165, 1.54) is 6.07 Å². The SMILES string of the molecule is Cc1cn(C[C@@H](O)COc2ccc(C(C)(C)c3ccc(OC[C@@H](O)CCl)c(F)c3)cc2)nn1. The van der Waals surface area contributed by atoms with Gasteiger partial charge in [-0.2, -0.15) is 0 Å². The maximum absolute atomic E-state index is 14.6. The van der Waals surface area contributed by atoms with Gasteiger partial charge in [-0.3, -0.25) is 0 Å². The average molecular weight is 478 g/mol. The first-order valence-corrected chi connectivity index (χ1v) is 11.2. The topological polar surface area (TPSA) is 89.6 Å². The summed E-state index contributed by atoms with van der Waals surface area (Å²) in [5.74, 6) is 0.213. The highest BCUT2D eigenvalue weighted by Crippen LogP contribution is 2.34. The van der Waals surface area contributed by atoms with Crippen LogP contribution >= 0.6 is 11.6 Å². The molecule has 1 heterocycles. The zero-order valence-corrected chi connectivity index (χ0v) is 19.7. The standard InChI is InChI=1S/C24H29ClFN3O4/c1-16-12-29(28-27-16)13-20(31)15-32-21-7-4-17(5-8-21)24(2,3)18-6-9-23(22(26)10-18)33-14-19(30)11-25/h4-10,12,19-20,30-31H,11,13-15H2,1-3H3/t19-,20+/m0/s1. The number of alkyl halides is 1. The van der Waals surface area contributed by atoms with Crippen molar-refractivity contribution in [3.8, 4) is 11.5 Å². The van der Waals surface area contributed by atoms with Gasteiger partial charge in [-0.1, -0.05) is 37.3 Å². The average Bonchev–Trinajstić information content (AvgIpc) is 3.21. The third-order valence-electron chi connectivity index (χ3n) is 5.33. The van der Waals surface area contributed by atoms with Crippen molar-refractivity contribution < 1.29 is 24.1 Å². The van der Waals surface area contributed by atoms with E-state index in [0.717, 1.165) is 16.8 Å². The van der Waals surface area contributed by atoms with Crippen LogP contribution in [0.3, 0.4) is 0 Å². The second-order valence-electron chi connectivity index (χ2n) is 8.46. The molecule has 1 aromatic heterocycles. The number of hydrogen-bond donors (Lipinski definition) is 2. The lowest BCUT2D eigenvalue weighted by molar-refractivity contribution is 0.0888. The molecule has 0 saturated heterocycles. The summed E-state index contributed by atoms with van der Waals surface area (Å²) >= 11 is 5.54. The van der Waals surface area contributed by atoms with Gasteiger partial charge >= 0.3 is 0 Å². The molecule has 0 fully saturated rings. The molecule has 2 atom stereocenters. The lowest BCUT2D eigenvalue weighted by Crippen LogP contribution is -2.24. The summed E-state index contributed by atoms with van der Waals surface area (Å²) in [5.41, 5.74) is 2.06. The second kappa shape index (κ2) is 11.0. The van der Waals surface area contributed by atoms with Crippen molar-refractivity contribution in [3.05, 3.63) is 71.3 Å². The Bertz CT molecular complexity index is 1040. The van der Waals surface area contributed by atoms with Crippen LogP contribution in [-0.4, -0.2) is 56.5 Å². The number of aliphatic hydroxyl groups is 2. The molecule has 3 rings (SSSR count). The maximum atomic E-state index is 14.6. The highest BCUT2D eigenvalue weighted by molar-refractivity contribution is 6.18. The van der Waals surface area contributed by atoms with Gasteiger partial charge in [0, 0.05) is 11.6 Å². The van der Waals surface area contributed by atoms with E-state index < -0.39 is 23.4 Å². The predicted octanol–water partition coefficient (Wildman–Crippen LogP) is 3.47. The van der Waals surface area contributed by atoms with Gasteiger partial charge < -0.3 is 19.7 Å². The monoisotopic (exact) mass is 477 g/mol. The molecule has 2 N–H and O–H groups in total. The van der Waals surface area contributed by atoms with E-state index in [1.54, 1.807) is 23.0 Å². The third kappa shape index (κ3) is 6.66. The van der Waals surface area contributed by atoms with Crippen molar-refractivity contribution in [1.82, 2.24) is 15.0 Å². The van der Waals surface area contributed by atoms with Crippen molar-refractivity contribution in [1.29, 1.82) is 0 Å². The zero-order chi connectivity index (χ0) is 24.0. The van der Waals surface area contributed by atoms with Crippen LogP contribution in [0.5, 0.6) is 11.5 Å². The van der Waals surface area contributed by atoms with Gasteiger partial charge in [0.05, 0.1) is 18.1 Å². The fourth-order valence-corrected chi connectivity index (χ4v) is 3.41. The number of aromatic nitrogens is 3. The first kappa shape index (κ1) is 25.0. The second-order valence-corrected chi connectivity index (χ2v) is 8.77. The molecule has 0 aliphatic rings. The Hall–Kier alpha value is -2.68. The molecule has 3 aromatic rings. The van der Waals surface area contributed by atoms with Crippen LogP contribution in [0.4, 0.5) is 4.39 Å². The van der Waals surface area contributed by atoms with E-state index in [-0.39, 0.29) is 24.8 Å². The minimum atomic E-state index is -0.851. The van der Waals surface area contributed by atoms with Crippen molar-refractivity contribution in [2.75, 3.05) is 19.1 Å². The molecule has 2 aromatic carbocycles. The number of rotatable bonds is 11. The normalized spacial score (nSPS) is 13.5. The summed E-state index contributed by atoms with van der Waals surface area (Å²) in [6.07, 6.45) is 0.178. The predicted molar refractivity (Wildman–Crippen MR) is 123 cm³/mol. The fraction of sp³-hybridized carbons (Fsp3) is 0.417. The van der Waals surface area contributed by atoms with Gasteiger partial charge in [0.25, 0.3) is 0 Å². The number of benzene rings is 2. The van der Waals surface area contributed by atoms with E-state index in [9.17, 15) is 14.6 Å². The molecule has 0 bridgehead atoms. The molecule has 0 unspecified atom stereocenters. The van der Waals surface area contributed by atoms with Crippen molar-refractivity contribution in [3.63, 3.8) is 0 Å². The minimum Gasteiger partial charge on any atom is -0.491 e. The van der Waals surface area contributed by atoms with E-state index >= 15 is 0 Å². The van der Waals surface area contributed by atoms with Gasteiger partial charge in [-0.05, 0) is 42.3 Å². The van der Waals surface area contributed by atoms with Gasteiger partial charge in [0.2, 0.25) is 0 Å². The van der Waals surface area contributed by atoms with Gasteiger partial charge in [-0.15, -0.1) is 16.7 Å². The number of aliphatic hydroxyl groups excluding tert-OH is 2. The van der Waals surface area contributed by atoms with Crippen molar-refractivity contribution in [2.45, 2.75) is 44.9 Å². The minimum absolute atomic E-state index is 0.0208. The van der Waals surface area contributed by atoms with Crippen LogP contribution in [-0.2, 0) is 12.0 Å². The summed E-state index contributed by atoms with van der Waals surface area (Å²) in [6.45, 7) is 6.17. The van der Waals surface area contributed by atoms with Gasteiger partial charge in [0.15, 0.2) is 11.6 Å². The van der Waals surface area contributed by atoms with E-state index in [0.29, 0.717) is 12.3 Å². The molecule has 0 spiro atoms. The Morgan fingerprint density at radius 1 is 1.03 bits per heavy atom. The first-order chi connectivity index (χ1) is 15.7. The Balaban J connectivity index is 1.61. The van der Waals surface area contributed by atoms with Crippen LogP contribution in [0.15, 0.2) is 48.7 Å². The Morgan fingerprint density at radius 3 is 2.30 bits per heavy atom. The van der Waals surface area contributed by atoms with Crippen LogP contribution in [0.1, 0.15) is 30.7 Å². The Kier molecular flexibility index (Phi) is 8.29. The highest BCUT2D eigenvalue weighted by Gasteiger charge is 2.24. The third-order valence-corrected chi connectivity index (χ3v) is 5.69. The Morgan fingerprint density at radius 2 is 1.70 bits per heavy atom. The summed E-state index contributed by atoms with van der Waals surface area (Å²) in [6, 6.07) is 12.3. The molecule has 0 aliphatic carbocycles. The van der Waals surface area contributed by atoms with E-state index in [1.807, 2.05) is 45.0 Å². The summed E-state index contributed by atoms with van der Waals surface area (Å²) in [7, 11) is 0. The smallest absolute Gasteiger partial charge is 0.165 e. The van der Waals surface area contributed by atoms with Crippen LogP contribution in [0.25, 0.3) is 0 Å². The molecular weight excluding hydrogens is 449 g/mol. The molecular formula is C24H29ClFN3O4. The molecule has 7 nitrogen and oxygen atoms in total. The molecule has 0 aliphatic heterocycles. The zero-order valence-electron chi connectivity index (χ0n) is 18.9. The quantitative estimate of drug-likeness (QED) is 0.411. The van der Waals surface area contributed by atoms with Gasteiger partial charge in [0.1, 0.15) is 31.2 Å². The molecule has 0 saturated carbocycles. The number of ether oxygens (including phenoxy) is 2. The van der Waals surface area contributed by atoms with Crippen LogP contribution in [0, 0.1) is 12.7 Å². The van der Waals surface area contributed by atoms with Crippen LogP contribution < -0.4 is 9.47 Å². The summed E-state index contributed by atoms with van der Waals surface area (Å²) in [4.78, 5) is 0. The lowest BCUT2D eigenvalue weighted by atomic mass is 9.78. The Labute approximate surface area is 197 Å². The number of halogens is 2. The van der Waals surface area contributed by atoms with E-state index in [4.69, 9.17) is 21.1 Å². The highest BCUT2D eigenvalue weighted by atomic mass is 35.5. The number of aryl methyl sites for hydroxylation is 1. The largest absolute Gasteiger partial charge is 0.491 e. The molecule has 9 heteroatoms. The molecule has 33 heavy (non-hydrogen) atoms. The summed E-state index contributed by atoms with van der Waals surface area (Å²) in [5, 5.41) is 27.5. The van der Waals surface area contributed by atoms with Crippen molar-refractivity contribution >= 4 is 11.6 Å². The van der Waals surface area contributed by atoms with Crippen LogP contribution in [0.2, 0.25) is 0 Å². The maximum Gasteiger partial charge on any atom is 0.165 e. The lowest BCUT2D eigenvalue weighted by Gasteiger charge is -2.27. The van der Waals surface area contributed by atoms with Gasteiger partial charge in [-0.25, -0.2) is 9.07 Å². The fourth-order valence-electron chi connectivity index (χ4n) is 3.32. The molecule has 178 valence electrons. The number of nitrogens with zero attached hydrogens (tertiary/aromatic N) is 3. The molecule has 0 radical (unpaired) electrons.